The molecule has 0 aliphatic carbocycles. The molecule has 0 unspecified atom stereocenters. The van der Waals surface area contributed by atoms with Crippen molar-refractivity contribution < 1.29 is 40.3 Å². The Morgan fingerprint density at radius 2 is 1.73 bits per heavy atom. The molecule has 11 nitrogen and oxygen atoms in total. The summed E-state index contributed by atoms with van der Waals surface area (Å²) in [5, 5.41) is 8.15. The van der Waals surface area contributed by atoms with Gasteiger partial charge in [-0.2, -0.15) is 41.3 Å². The fourth-order valence-electron chi connectivity index (χ4n) is 6.27. The van der Waals surface area contributed by atoms with Crippen molar-refractivity contribution in [3.63, 3.8) is 0 Å². The minimum Gasteiger partial charge on any atom is -0.369 e. The molecule has 2 aliphatic heterocycles. The van der Waals surface area contributed by atoms with Crippen LogP contribution in [0.25, 0.3) is 17.1 Å². The number of aliphatic imine (C=N–C) groups is 1. The highest BCUT2D eigenvalue weighted by molar-refractivity contribution is 6.09. The van der Waals surface area contributed by atoms with Gasteiger partial charge in [-0.25, -0.2) is 19.4 Å². The quantitative estimate of drug-likeness (QED) is 0.128. The largest absolute Gasteiger partial charge is 0.417 e. The van der Waals surface area contributed by atoms with Crippen LogP contribution in [0, 0.1) is 0 Å². The van der Waals surface area contributed by atoms with Crippen LogP contribution >= 0.6 is 0 Å². The molecule has 2 aromatic carbocycles. The van der Waals surface area contributed by atoms with Gasteiger partial charge < -0.3 is 10.6 Å². The van der Waals surface area contributed by atoms with Crippen LogP contribution in [0.4, 0.5) is 30.7 Å². The molecule has 0 fully saturated rings. The van der Waals surface area contributed by atoms with Crippen molar-refractivity contribution in [1.29, 1.82) is 0 Å². The molecular formula is C37H32F7N9O2. The molecular weight excluding hydrogens is 735 g/mol. The lowest BCUT2D eigenvalue weighted by Gasteiger charge is -2.27. The zero-order valence-corrected chi connectivity index (χ0v) is 29.1. The van der Waals surface area contributed by atoms with E-state index in [-0.39, 0.29) is 24.2 Å². The van der Waals surface area contributed by atoms with Crippen LogP contribution in [0.15, 0.2) is 102 Å². The maximum absolute atomic E-state index is 14.3. The van der Waals surface area contributed by atoms with Gasteiger partial charge in [0.05, 0.1) is 48.0 Å². The lowest BCUT2D eigenvalue weighted by atomic mass is 9.84. The van der Waals surface area contributed by atoms with Gasteiger partial charge in [0.25, 0.3) is 11.8 Å². The number of fused-ring (bicyclic) bond motifs is 1. The van der Waals surface area contributed by atoms with Gasteiger partial charge in [0.2, 0.25) is 0 Å². The fourth-order valence-corrected chi connectivity index (χ4v) is 6.27. The number of carbonyl (C=O) groups excluding carboxylic acids is 2. The van der Waals surface area contributed by atoms with E-state index in [9.17, 15) is 40.3 Å². The monoisotopic (exact) mass is 767 g/mol. The molecule has 2 aliphatic rings. The van der Waals surface area contributed by atoms with E-state index < -0.39 is 78.4 Å². The molecule has 2 amide bonds. The molecule has 55 heavy (non-hydrogen) atoms. The molecule has 2 aromatic heterocycles. The number of guanidine groups is 1. The van der Waals surface area contributed by atoms with E-state index in [1.807, 2.05) is 0 Å². The van der Waals surface area contributed by atoms with Gasteiger partial charge in [0, 0.05) is 30.3 Å². The second-order valence-corrected chi connectivity index (χ2v) is 12.8. The summed E-state index contributed by atoms with van der Waals surface area (Å²) in [7, 11) is 0. The number of hydrogen-bond donors (Lipinski definition) is 1. The Labute approximate surface area is 309 Å². The van der Waals surface area contributed by atoms with Crippen LogP contribution in [0.3, 0.4) is 0 Å². The average Bonchev–Trinajstić information content (AvgIpc) is 3.89. The van der Waals surface area contributed by atoms with Gasteiger partial charge >= 0.3 is 12.4 Å². The Morgan fingerprint density at radius 1 is 1.02 bits per heavy atom. The third-order valence-electron chi connectivity index (χ3n) is 9.11. The second kappa shape index (κ2) is 14.9. The number of carbonyl (C=O) groups is 2. The van der Waals surface area contributed by atoms with E-state index in [0.29, 0.717) is 34.4 Å². The van der Waals surface area contributed by atoms with Gasteiger partial charge in [-0.3, -0.25) is 14.5 Å². The molecule has 1 atom stereocenters. The number of hydrogen-bond acceptors (Lipinski definition) is 8. The molecule has 0 saturated heterocycles. The van der Waals surface area contributed by atoms with Crippen LogP contribution < -0.4 is 5.73 Å². The zero-order chi connectivity index (χ0) is 39.7. The van der Waals surface area contributed by atoms with Crippen molar-refractivity contribution in [2.24, 2.45) is 10.7 Å². The lowest BCUT2D eigenvalue weighted by molar-refractivity contribution is -0.138. The number of nitrogens with zero attached hydrogens (tertiary/aromatic N) is 8. The number of allylic oxidation sites excluding steroid dienone is 3. The smallest absolute Gasteiger partial charge is 0.369 e. The first-order chi connectivity index (χ1) is 26.0. The van der Waals surface area contributed by atoms with E-state index in [1.165, 1.54) is 35.2 Å². The molecule has 18 heteroatoms. The first-order valence-corrected chi connectivity index (χ1v) is 16.7. The Bertz CT molecular complexity index is 2210. The summed E-state index contributed by atoms with van der Waals surface area (Å²) in [5.74, 6) is -2.70. The van der Waals surface area contributed by atoms with Crippen molar-refractivity contribution in [2.45, 2.75) is 63.7 Å². The number of halogens is 7. The molecule has 0 saturated carbocycles. The first kappa shape index (κ1) is 38.5. The highest BCUT2D eigenvalue weighted by Gasteiger charge is 2.49. The summed E-state index contributed by atoms with van der Waals surface area (Å²) in [6, 6.07) is 9.78. The van der Waals surface area contributed by atoms with Crippen LogP contribution in [0.1, 0.15) is 58.9 Å². The Balaban J connectivity index is 1.24. The Kier molecular flexibility index (Phi) is 10.4. The average molecular weight is 768 g/mol. The number of rotatable bonds is 11. The Hall–Kier alpha value is -6.20. The van der Waals surface area contributed by atoms with Crippen LogP contribution in [-0.2, 0) is 30.6 Å². The summed E-state index contributed by atoms with van der Waals surface area (Å²) in [6.07, 6.45) is -4.05. The third-order valence-corrected chi connectivity index (χ3v) is 9.11. The van der Waals surface area contributed by atoms with Gasteiger partial charge in [-0.15, -0.1) is 0 Å². The summed E-state index contributed by atoms with van der Waals surface area (Å²) in [5.41, 5.74) is 4.35. The second-order valence-electron chi connectivity index (χ2n) is 12.8. The minimum absolute atomic E-state index is 0.0441. The van der Waals surface area contributed by atoms with Crippen LogP contribution in [0.2, 0.25) is 0 Å². The predicted octanol–water partition coefficient (Wildman–Crippen LogP) is 7.01. The molecule has 0 radical (unpaired) electrons. The van der Waals surface area contributed by atoms with Crippen molar-refractivity contribution in [1.82, 2.24) is 34.8 Å². The van der Waals surface area contributed by atoms with Gasteiger partial charge in [-0.1, -0.05) is 24.8 Å². The maximum Gasteiger partial charge on any atom is 0.417 e. The molecule has 4 heterocycles. The minimum atomic E-state index is -4.94. The molecule has 0 bridgehead atoms. The highest BCUT2D eigenvalue weighted by Crippen LogP contribution is 2.39. The van der Waals surface area contributed by atoms with E-state index >= 15 is 0 Å². The molecule has 0 spiro atoms. The van der Waals surface area contributed by atoms with E-state index in [0.717, 1.165) is 35.3 Å². The van der Waals surface area contributed by atoms with Crippen molar-refractivity contribution >= 4 is 17.8 Å². The van der Waals surface area contributed by atoms with Crippen molar-refractivity contribution in [3.05, 3.63) is 125 Å². The third kappa shape index (κ3) is 8.17. The number of aromatic nitrogens is 5. The van der Waals surface area contributed by atoms with Crippen LogP contribution in [0.5, 0.6) is 0 Å². The molecule has 2 N–H and O–H groups in total. The predicted molar refractivity (Wildman–Crippen MR) is 185 cm³/mol. The molecule has 286 valence electrons. The summed E-state index contributed by atoms with van der Waals surface area (Å²) in [4.78, 5) is 44.4. The number of amides is 2. The summed E-state index contributed by atoms with van der Waals surface area (Å²) >= 11 is 0. The van der Waals surface area contributed by atoms with Gasteiger partial charge in [0.1, 0.15) is 5.83 Å². The topological polar surface area (TPSA) is 135 Å². The number of alkyl halides is 6. The van der Waals surface area contributed by atoms with Crippen LogP contribution in [-0.4, -0.2) is 64.3 Å². The Morgan fingerprint density at radius 3 is 2.38 bits per heavy atom. The van der Waals surface area contributed by atoms with E-state index in [4.69, 9.17) is 5.73 Å². The lowest BCUT2D eigenvalue weighted by Crippen LogP contribution is -2.44. The normalized spacial score (nSPS) is 17.6. The van der Waals surface area contributed by atoms with Crippen molar-refractivity contribution in [3.8, 4) is 17.1 Å². The first-order valence-electron chi connectivity index (χ1n) is 16.7. The number of benzene rings is 2. The standard InChI is InChI=1S/C37H32F7N9O2/c1-3-26(38)9-5-22(2)35(13-4-14-36(39,40)41)33(55)52(34(45)50-35)19-23-6-12-29(37(42,43)44)28(17-23)32(54)51-20-25-18-46-31(49-30(25)21-51)24-7-10-27(11-8-24)53-47-15-16-48-53/h3,5-12,15-18H,2,4,13-14,19-21H2,1H3,(H2,45,50)/b9-5-,26-3+/t35-/m1/s1. The highest BCUT2D eigenvalue weighted by atomic mass is 19.4. The van der Waals surface area contributed by atoms with Gasteiger partial charge in [0.15, 0.2) is 17.3 Å². The fraction of sp³-hybridized carbons (Fsp3) is 0.270. The SMILES string of the molecule is C=C(/C=C\C(F)=C/C)[C@@]1(CCCC(F)(F)F)N=C(N)N(Cc2ccc(C(F)(F)F)c(C(=O)N3Cc4cnc(-c5ccc(-n6nccn6)cc5)nc4C3)c2)C1=O. The maximum atomic E-state index is 14.3. The number of nitrogens with two attached hydrogens (primary N) is 1. The molecule has 4 aromatic rings. The van der Waals surface area contributed by atoms with Gasteiger partial charge in [-0.05, 0) is 73.4 Å². The molecule has 6 rings (SSSR count). The van der Waals surface area contributed by atoms with E-state index in [2.05, 4.69) is 31.7 Å². The summed E-state index contributed by atoms with van der Waals surface area (Å²) < 4.78 is 96.0. The van der Waals surface area contributed by atoms with E-state index in [1.54, 1.807) is 24.3 Å². The van der Waals surface area contributed by atoms with Crippen molar-refractivity contribution in [2.75, 3.05) is 0 Å². The zero-order valence-electron chi connectivity index (χ0n) is 29.1. The summed E-state index contributed by atoms with van der Waals surface area (Å²) in [6.45, 7) is 4.49.